The van der Waals surface area contributed by atoms with Crippen molar-refractivity contribution in [3.63, 3.8) is 0 Å². The summed E-state index contributed by atoms with van der Waals surface area (Å²) < 4.78 is 0. The monoisotopic (exact) mass is 198 g/mol. The lowest BCUT2D eigenvalue weighted by Crippen LogP contribution is -2.00. The van der Waals surface area contributed by atoms with Crippen LogP contribution in [-0.4, -0.2) is 0 Å². The molecule has 0 aromatic heterocycles. The molecule has 0 heteroatoms. The highest BCUT2D eigenvalue weighted by atomic mass is 14.2. The molecule has 0 spiro atoms. The van der Waals surface area contributed by atoms with E-state index in [1.54, 1.807) is 0 Å². The molecular weight excluding hydrogens is 180 g/mol. The van der Waals surface area contributed by atoms with Crippen LogP contribution in [0.1, 0.15) is 37.3 Å². The molecule has 0 N–H and O–H groups in total. The van der Waals surface area contributed by atoms with Crippen LogP contribution >= 0.6 is 0 Å². The van der Waals surface area contributed by atoms with E-state index in [9.17, 15) is 0 Å². The number of hydrogen-bond acceptors (Lipinski definition) is 0. The smallest absolute Gasteiger partial charge is 0.0227 e. The van der Waals surface area contributed by atoms with Crippen molar-refractivity contribution in [3.8, 4) is 0 Å². The Bertz CT molecular complexity index is 368. The van der Waals surface area contributed by atoms with Crippen LogP contribution in [0.5, 0.6) is 0 Å². The second kappa shape index (κ2) is 4.48. The summed E-state index contributed by atoms with van der Waals surface area (Å²) in [5, 5.41) is 0. The Morgan fingerprint density at radius 3 is 2.53 bits per heavy atom. The summed E-state index contributed by atoms with van der Waals surface area (Å²) in [6.45, 7) is 6.10. The molecule has 1 aliphatic rings. The van der Waals surface area contributed by atoms with Crippen LogP contribution < -0.4 is 0 Å². The normalized spacial score (nSPS) is 20.9. The first-order valence-electron chi connectivity index (χ1n) is 5.71. The molecule has 1 atom stereocenters. The summed E-state index contributed by atoms with van der Waals surface area (Å²) in [5.41, 5.74) is 4.10. The quantitative estimate of drug-likeness (QED) is 0.654. The summed E-state index contributed by atoms with van der Waals surface area (Å²) in [6, 6.07) is 8.69. The lowest BCUT2D eigenvalue weighted by molar-refractivity contribution is 0.534. The van der Waals surface area contributed by atoms with Gasteiger partial charge in [-0.3, -0.25) is 0 Å². The topological polar surface area (TPSA) is 0 Å². The third-order valence-corrected chi connectivity index (χ3v) is 3.19. The molecule has 0 saturated heterocycles. The molecule has 2 rings (SSSR count). The highest BCUT2D eigenvalue weighted by Crippen LogP contribution is 2.29. The molecule has 0 aliphatic heterocycles. The Balaban J connectivity index is 2.19. The van der Waals surface area contributed by atoms with E-state index in [0.29, 0.717) is 0 Å². The van der Waals surface area contributed by atoms with Crippen molar-refractivity contribution in [2.75, 3.05) is 0 Å². The van der Waals surface area contributed by atoms with E-state index in [4.69, 9.17) is 0 Å². The van der Waals surface area contributed by atoms with E-state index in [1.807, 2.05) is 6.08 Å². The average Bonchev–Trinajstić information content (AvgIpc) is 2.30. The molecule has 0 radical (unpaired) electrons. The molecule has 0 heterocycles. The molecule has 0 nitrogen and oxygen atoms in total. The van der Waals surface area contributed by atoms with E-state index in [0.717, 1.165) is 5.92 Å². The van der Waals surface area contributed by atoms with E-state index in [1.165, 1.54) is 36.0 Å². The summed E-state index contributed by atoms with van der Waals surface area (Å²) in [5.74, 6) is 0.862. The van der Waals surface area contributed by atoms with Crippen molar-refractivity contribution in [1.82, 2.24) is 0 Å². The first-order chi connectivity index (χ1) is 7.29. The summed E-state index contributed by atoms with van der Waals surface area (Å²) in [7, 11) is 0. The van der Waals surface area contributed by atoms with Gasteiger partial charge in [0, 0.05) is 0 Å². The highest BCUT2D eigenvalue weighted by molar-refractivity contribution is 5.67. The third kappa shape index (κ3) is 2.38. The molecule has 0 fully saturated rings. The van der Waals surface area contributed by atoms with Gasteiger partial charge in [-0.1, -0.05) is 49.9 Å². The highest BCUT2D eigenvalue weighted by Gasteiger charge is 2.10. The Morgan fingerprint density at radius 2 is 2.00 bits per heavy atom. The standard InChI is InChI=1S/C15H18/c1-3-13-6-10-15(11-7-13)14-8-4-12(2)5-9-14/h3,6-8,10-12H,1,4-5,9H2,2H3. The van der Waals surface area contributed by atoms with Gasteiger partial charge in [-0.25, -0.2) is 0 Å². The largest absolute Gasteiger partial charge is 0.0985 e. The number of allylic oxidation sites excluding steroid dienone is 2. The molecule has 1 aliphatic carbocycles. The maximum Gasteiger partial charge on any atom is -0.0227 e. The van der Waals surface area contributed by atoms with Crippen molar-refractivity contribution >= 4 is 11.6 Å². The lowest BCUT2D eigenvalue weighted by atomic mass is 9.87. The van der Waals surface area contributed by atoms with E-state index < -0.39 is 0 Å². The summed E-state index contributed by atoms with van der Waals surface area (Å²) in [6.07, 6.45) is 8.08. The van der Waals surface area contributed by atoms with Gasteiger partial charge in [-0.2, -0.15) is 0 Å². The molecule has 0 saturated carbocycles. The van der Waals surface area contributed by atoms with E-state index in [-0.39, 0.29) is 0 Å². The molecule has 0 bridgehead atoms. The first-order valence-corrected chi connectivity index (χ1v) is 5.71. The fourth-order valence-corrected chi connectivity index (χ4v) is 2.06. The van der Waals surface area contributed by atoms with Gasteiger partial charge in [0.2, 0.25) is 0 Å². The first kappa shape index (κ1) is 10.2. The van der Waals surface area contributed by atoms with Crippen molar-refractivity contribution < 1.29 is 0 Å². The molecular formula is C15H18. The van der Waals surface area contributed by atoms with Crippen molar-refractivity contribution in [2.45, 2.75) is 26.2 Å². The van der Waals surface area contributed by atoms with Crippen LogP contribution in [0.4, 0.5) is 0 Å². The Hall–Kier alpha value is -1.30. The number of hydrogen-bond donors (Lipinski definition) is 0. The second-order valence-corrected chi connectivity index (χ2v) is 4.44. The molecule has 78 valence electrons. The third-order valence-electron chi connectivity index (χ3n) is 3.19. The SMILES string of the molecule is C=Cc1ccc(C2=CCC(C)CC2)cc1. The van der Waals surface area contributed by atoms with Crippen LogP contribution in [0, 0.1) is 5.92 Å². The van der Waals surface area contributed by atoms with Gasteiger partial charge < -0.3 is 0 Å². The minimum absolute atomic E-state index is 0.862. The summed E-state index contributed by atoms with van der Waals surface area (Å²) in [4.78, 5) is 0. The Kier molecular flexibility index (Phi) is 3.05. The predicted octanol–water partition coefficient (Wildman–Crippen LogP) is 4.53. The van der Waals surface area contributed by atoms with Gasteiger partial charge >= 0.3 is 0 Å². The average molecular weight is 198 g/mol. The van der Waals surface area contributed by atoms with Crippen molar-refractivity contribution in [3.05, 3.63) is 48.0 Å². The molecule has 15 heavy (non-hydrogen) atoms. The van der Waals surface area contributed by atoms with Crippen LogP contribution in [0.2, 0.25) is 0 Å². The zero-order valence-electron chi connectivity index (χ0n) is 9.37. The van der Waals surface area contributed by atoms with Crippen molar-refractivity contribution in [1.29, 1.82) is 0 Å². The van der Waals surface area contributed by atoms with Crippen LogP contribution in [0.15, 0.2) is 36.9 Å². The molecule has 1 aromatic carbocycles. The zero-order valence-corrected chi connectivity index (χ0v) is 9.37. The van der Waals surface area contributed by atoms with Crippen molar-refractivity contribution in [2.24, 2.45) is 5.92 Å². The van der Waals surface area contributed by atoms with E-state index in [2.05, 4.69) is 43.8 Å². The maximum atomic E-state index is 3.77. The van der Waals surface area contributed by atoms with Gasteiger partial charge in [0.05, 0.1) is 0 Å². The fraction of sp³-hybridized carbons (Fsp3) is 0.333. The Morgan fingerprint density at radius 1 is 1.27 bits per heavy atom. The minimum Gasteiger partial charge on any atom is -0.0985 e. The zero-order chi connectivity index (χ0) is 10.7. The number of rotatable bonds is 2. The van der Waals surface area contributed by atoms with Crippen LogP contribution in [-0.2, 0) is 0 Å². The van der Waals surface area contributed by atoms with Crippen LogP contribution in [0.25, 0.3) is 11.6 Å². The molecule has 1 aromatic rings. The van der Waals surface area contributed by atoms with Gasteiger partial charge in [0.15, 0.2) is 0 Å². The Labute approximate surface area is 92.3 Å². The van der Waals surface area contributed by atoms with Gasteiger partial charge in [0.1, 0.15) is 0 Å². The maximum absolute atomic E-state index is 3.77. The second-order valence-electron chi connectivity index (χ2n) is 4.44. The summed E-state index contributed by atoms with van der Waals surface area (Å²) >= 11 is 0. The van der Waals surface area contributed by atoms with Gasteiger partial charge in [-0.05, 0) is 41.9 Å². The predicted molar refractivity (Wildman–Crippen MR) is 67.5 cm³/mol. The van der Waals surface area contributed by atoms with Gasteiger partial charge in [-0.15, -0.1) is 0 Å². The van der Waals surface area contributed by atoms with E-state index >= 15 is 0 Å². The fourth-order valence-electron chi connectivity index (χ4n) is 2.06. The van der Waals surface area contributed by atoms with Crippen LogP contribution in [0.3, 0.4) is 0 Å². The number of benzene rings is 1. The minimum atomic E-state index is 0.862. The molecule has 0 amide bonds. The lowest BCUT2D eigenvalue weighted by Gasteiger charge is -2.18. The van der Waals surface area contributed by atoms with Gasteiger partial charge in [0.25, 0.3) is 0 Å². The molecule has 1 unspecified atom stereocenters.